The second-order valence-electron chi connectivity index (χ2n) is 5.24. The van der Waals surface area contributed by atoms with Gasteiger partial charge in [-0.3, -0.25) is 5.10 Å². The molecule has 0 amide bonds. The maximum atomic E-state index is 12.4. The van der Waals surface area contributed by atoms with Crippen molar-refractivity contribution in [2.24, 2.45) is 0 Å². The van der Waals surface area contributed by atoms with Gasteiger partial charge in [0.15, 0.2) is 0 Å². The summed E-state index contributed by atoms with van der Waals surface area (Å²) in [5, 5.41) is 8.34. The Bertz CT molecular complexity index is 681. The van der Waals surface area contributed by atoms with Crippen LogP contribution < -0.4 is 5.32 Å². The van der Waals surface area contributed by atoms with E-state index in [1.807, 2.05) is 0 Å². The minimum atomic E-state index is -4.56. The fourth-order valence-electron chi connectivity index (χ4n) is 2.33. The molecule has 1 unspecified atom stereocenters. The highest BCUT2D eigenvalue weighted by molar-refractivity contribution is 5.37. The molecule has 3 heterocycles. The summed E-state index contributed by atoms with van der Waals surface area (Å²) in [6, 6.07) is 1.79. The topological polar surface area (TPSA) is 88.6 Å². The zero-order chi connectivity index (χ0) is 16.4. The number of rotatable bonds is 4. The number of aryl methyl sites for hydroxylation is 1. The van der Waals surface area contributed by atoms with Gasteiger partial charge in [0.25, 0.3) is 5.82 Å². The number of aromatic amines is 1. The molecule has 2 N–H and O–H groups in total. The number of anilines is 1. The molecule has 23 heavy (non-hydrogen) atoms. The minimum absolute atomic E-state index is 0.0557. The molecule has 0 bridgehead atoms. The van der Waals surface area contributed by atoms with Gasteiger partial charge in [-0.2, -0.15) is 13.2 Å². The average Bonchev–Trinajstić information content (AvgIpc) is 3.15. The third-order valence-corrected chi connectivity index (χ3v) is 3.43. The first-order chi connectivity index (χ1) is 10.9. The Balaban J connectivity index is 1.69. The van der Waals surface area contributed by atoms with E-state index in [4.69, 9.17) is 4.74 Å². The van der Waals surface area contributed by atoms with Crippen molar-refractivity contribution in [2.45, 2.75) is 32.0 Å². The monoisotopic (exact) mass is 328 g/mol. The first kappa shape index (κ1) is 15.7. The standard InChI is InChI=1S/C13H15F3N6O/c1-7-18-9(8-2-3-23-6-8)4-10(19-7)17-5-11-20-12(22-21-11)13(14,15)16/h4,8H,2-3,5-6H2,1H3,(H,17,18,19)(H,20,21,22). The lowest BCUT2D eigenvalue weighted by atomic mass is 10.0. The molecule has 7 nitrogen and oxygen atoms in total. The van der Waals surface area contributed by atoms with Gasteiger partial charge >= 0.3 is 6.18 Å². The maximum absolute atomic E-state index is 12.4. The molecule has 2 aromatic heterocycles. The fourth-order valence-corrected chi connectivity index (χ4v) is 2.33. The Labute approximate surface area is 129 Å². The predicted molar refractivity (Wildman–Crippen MR) is 73.7 cm³/mol. The van der Waals surface area contributed by atoms with Crippen molar-refractivity contribution in [3.8, 4) is 0 Å². The molecule has 0 spiro atoms. The van der Waals surface area contributed by atoms with Crippen molar-refractivity contribution in [1.82, 2.24) is 25.1 Å². The lowest BCUT2D eigenvalue weighted by Crippen LogP contribution is -2.09. The normalized spacial score (nSPS) is 18.3. The van der Waals surface area contributed by atoms with Crippen LogP contribution >= 0.6 is 0 Å². The second-order valence-corrected chi connectivity index (χ2v) is 5.24. The van der Waals surface area contributed by atoms with E-state index in [0.717, 1.165) is 12.1 Å². The van der Waals surface area contributed by atoms with Crippen molar-refractivity contribution in [3.63, 3.8) is 0 Å². The largest absolute Gasteiger partial charge is 0.453 e. The number of nitrogens with one attached hydrogen (secondary N) is 2. The number of ether oxygens (including phenoxy) is 1. The first-order valence-corrected chi connectivity index (χ1v) is 7.07. The van der Waals surface area contributed by atoms with Crippen LogP contribution in [0, 0.1) is 6.92 Å². The highest BCUT2D eigenvalue weighted by Crippen LogP contribution is 2.26. The third kappa shape index (κ3) is 3.76. The Morgan fingerprint density at radius 2 is 2.17 bits per heavy atom. The number of hydrogen-bond donors (Lipinski definition) is 2. The molecule has 1 aliphatic heterocycles. The van der Waals surface area contributed by atoms with E-state index in [0.29, 0.717) is 24.9 Å². The van der Waals surface area contributed by atoms with Gasteiger partial charge in [0, 0.05) is 18.6 Å². The van der Waals surface area contributed by atoms with Gasteiger partial charge in [-0.25, -0.2) is 15.0 Å². The Morgan fingerprint density at radius 3 is 2.83 bits per heavy atom. The molecule has 0 saturated carbocycles. The number of aromatic nitrogens is 5. The van der Waals surface area contributed by atoms with Crippen LogP contribution in [0.5, 0.6) is 0 Å². The van der Waals surface area contributed by atoms with Crippen LogP contribution in [0.4, 0.5) is 19.0 Å². The molecular formula is C13H15F3N6O. The molecule has 0 aromatic carbocycles. The molecule has 1 fully saturated rings. The lowest BCUT2D eigenvalue weighted by Gasteiger charge is -2.11. The molecule has 10 heteroatoms. The van der Waals surface area contributed by atoms with Crippen molar-refractivity contribution in [3.05, 3.63) is 29.2 Å². The Kier molecular flexibility index (Phi) is 4.16. The summed E-state index contributed by atoms with van der Waals surface area (Å²) in [5.41, 5.74) is 0.867. The van der Waals surface area contributed by atoms with Gasteiger partial charge in [-0.05, 0) is 13.3 Å². The van der Waals surface area contributed by atoms with Crippen molar-refractivity contribution < 1.29 is 17.9 Å². The summed E-state index contributed by atoms with van der Waals surface area (Å²) in [6.45, 7) is 3.14. The Morgan fingerprint density at radius 1 is 1.35 bits per heavy atom. The molecule has 0 aliphatic carbocycles. The van der Waals surface area contributed by atoms with E-state index in [-0.39, 0.29) is 18.3 Å². The average molecular weight is 328 g/mol. The summed E-state index contributed by atoms with van der Waals surface area (Å²) in [6.07, 6.45) is -3.66. The number of halogens is 3. The minimum Gasteiger partial charge on any atom is -0.381 e. The van der Waals surface area contributed by atoms with Gasteiger partial charge in [0.2, 0.25) is 0 Å². The number of nitrogens with zero attached hydrogens (tertiary/aromatic N) is 4. The van der Waals surface area contributed by atoms with E-state index in [1.165, 1.54) is 0 Å². The summed E-state index contributed by atoms with van der Waals surface area (Å²) in [4.78, 5) is 12.0. The first-order valence-electron chi connectivity index (χ1n) is 7.07. The van der Waals surface area contributed by atoms with E-state index in [2.05, 4.69) is 30.5 Å². The zero-order valence-electron chi connectivity index (χ0n) is 12.3. The molecule has 3 rings (SSSR count). The summed E-state index contributed by atoms with van der Waals surface area (Å²) in [5.74, 6) is 0.241. The van der Waals surface area contributed by atoms with Crippen LogP contribution in [-0.2, 0) is 17.5 Å². The molecule has 124 valence electrons. The van der Waals surface area contributed by atoms with E-state index >= 15 is 0 Å². The predicted octanol–water partition coefficient (Wildman–Crippen LogP) is 2.04. The maximum Gasteiger partial charge on any atom is 0.453 e. The van der Waals surface area contributed by atoms with Crippen LogP contribution in [-0.4, -0.2) is 38.4 Å². The highest BCUT2D eigenvalue weighted by atomic mass is 19.4. The number of H-pyrrole nitrogens is 1. The Hall–Kier alpha value is -2.23. The van der Waals surface area contributed by atoms with Gasteiger partial charge in [0.1, 0.15) is 17.5 Å². The molecule has 2 aromatic rings. The van der Waals surface area contributed by atoms with Crippen molar-refractivity contribution >= 4 is 5.82 Å². The summed E-state index contributed by atoms with van der Waals surface area (Å²) in [7, 11) is 0. The van der Waals surface area contributed by atoms with Crippen molar-refractivity contribution in [2.75, 3.05) is 18.5 Å². The third-order valence-electron chi connectivity index (χ3n) is 3.43. The molecule has 1 aliphatic rings. The van der Waals surface area contributed by atoms with Gasteiger partial charge in [-0.15, -0.1) is 5.10 Å². The summed E-state index contributed by atoms with van der Waals surface area (Å²) < 4.78 is 42.7. The summed E-state index contributed by atoms with van der Waals surface area (Å²) >= 11 is 0. The zero-order valence-corrected chi connectivity index (χ0v) is 12.3. The number of hydrogen-bond acceptors (Lipinski definition) is 6. The second kappa shape index (κ2) is 6.11. The van der Waals surface area contributed by atoms with Crippen LogP contribution in [0.25, 0.3) is 0 Å². The van der Waals surface area contributed by atoms with Crippen LogP contribution in [0.15, 0.2) is 6.07 Å². The highest BCUT2D eigenvalue weighted by Gasteiger charge is 2.35. The van der Waals surface area contributed by atoms with Gasteiger partial charge in [0.05, 0.1) is 18.8 Å². The smallest absolute Gasteiger partial charge is 0.381 e. The van der Waals surface area contributed by atoms with Gasteiger partial charge in [-0.1, -0.05) is 0 Å². The van der Waals surface area contributed by atoms with Crippen LogP contribution in [0.3, 0.4) is 0 Å². The SMILES string of the molecule is Cc1nc(NCc2nc(C(F)(F)F)n[nH]2)cc(C2CCOC2)n1. The lowest BCUT2D eigenvalue weighted by molar-refractivity contribution is -0.144. The molecule has 0 radical (unpaired) electrons. The van der Waals surface area contributed by atoms with E-state index in [1.54, 1.807) is 13.0 Å². The number of alkyl halides is 3. The molecular weight excluding hydrogens is 313 g/mol. The van der Waals surface area contributed by atoms with E-state index < -0.39 is 12.0 Å². The van der Waals surface area contributed by atoms with Crippen molar-refractivity contribution in [1.29, 1.82) is 0 Å². The van der Waals surface area contributed by atoms with Crippen LogP contribution in [0.1, 0.15) is 35.5 Å². The molecule has 1 atom stereocenters. The quantitative estimate of drug-likeness (QED) is 0.893. The fraction of sp³-hybridized carbons (Fsp3) is 0.538. The van der Waals surface area contributed by atoms with Gasteiger partial charge < -0.3 is 10.1 Å². The van der Waals surface area contributed by atoms with Crippen LogP contribution in [0.2, 0.25) is 0 Å². The van der Waals surface area contributed by atoms with E-state index in [9.17, 15) is 13.2 Å². The molecule has 1 saturated heterocycles.